The number of carbonyl (C=O) groups is 3. The van der Waals surface area contributed by atoms with Crippen LogP contribution in [0.2, 0.25) is 0 Å². The average Bonchev–Trinajstić information content (AvgIpc) is 2.94. The van der Waals surface area contributed by atoms with Crippen molar-refractivity contribution in [3.63, 3.8) is 0 Å². The van der Waals surface area contributed by atoms with E-state index in [0.717, 1.165) is 23.7 Å². The van der Waals surface area contributed by atoms with E-state index < -0.39 is 12.0 Å². The van der Waals surface area contributed by atoms with Crippen LogP contribution in [-0.2, 0) is 16.1 Å². The molecular weight excluding hydrogens is 308 g/mol. The molecule has 2 aromatic rings. The number of para-hydroxylation sites is 1. The van der Waals surface area contributed by atoms with Gasteiger partial charge in [0.15, 0.2) is 5.78 Å². The maximum Gasteiger partial charge on any atom is 0.326 e. The first-order valence-electron chi connectivity index (χ1n) is 8.10. The second kappa shape index (κ2) is 6.47. The molecule has 126 valence electrons. The first-order chi connectivity index (χ1) is 11.5. The Morgan fingerprint density at radius 3 is 2.67 bits per heavy atom. The third-order valence-corrected chi connectivity index (χ3v) is 4.58. The highest BCUT2D eigenvalue weighted by Gasteiger charge is 2.32. The monoisotopic (exact) mass is 328 g/mol. The quantitative estimate of drug-likeness (QED) is 0.874. The molecule has 24 heavy (non-hydrogen) atoms. The van der Waals surface area contributed by atoms with Crippen LogP contribution in [0.15, 0.2) is 30.5 Å². The molecule has 1 aromatic carbocycles. The van der Waals surface area contributed by atoms with E-state index in [0.29, 0.717) is 18.5 Å². The first-order valence-corrected chi connectivity index (χ1v) is 8.10. The van der Waals surface area contributed by atoms with E-state index in [2.05, 4.69) is 0 Å². The molecule has 1 unspecified atom stereocenters. The van der Waals surface area contributed by atoms with Gasteiger partial charge in [-0.2, -0.15) is 0 Å². The van der Waals surface area contributed by atoms with Crippen LogP contribution in [0.4, 0.5) is 0 Å². The molecule has 0 spiro atoms. The highest BCUT2D eigenvalue weighted by Crippen LogP contribution is 2.23. The predicted octanol–water partition coefficient (Wildman–Crippen LogP) is 2.31. The number of benzene rings is 1. The Hall–Kier alpha value is -2.63. The highest BCUT2D eigenvalue weighted by molar-refractivity contribution is 6.07. The second-order valence-electron chi connectivity index (χ2n) is 6.18. The number of aromatic nitrogens is 1. The summed E-state index contributed by atoms with van der Waals surface area (Å²) in [4.78, 5) is 37.3. The number of hydrogen-bond acceptors (Lipinski definition) is 3. The second-order valence-corrected chi connectivity index (χ2v) is 6.18. The summed E-state index contributed by atoms with van der Waals surface area (Å²) in [5, 5.41) is 10.1. The van der Waals surface area contributed by atoms with E-state index in [1.165, 1.54) is 11.8 Å². The van der Waals surface area contributed by atoms with Gasteiger partial charge in [-0.25, -0.2) is 4.79 Å². The van der Waals surface area contributed by atoms with Crippen LogP contribution in [0.25, 0.3) is 10.9 Å². The molecule has 1 N–H and O–H groups in total. The number of hydrogen-bond donors (Lipinski definition) is 1. The zero-order valence-electron chi connectivity index (χ0n) is 13.6. The Bertz CT molecular complexity index is 808. The third kappa shape index (κ3) is 2.91. The van der Waals surface area contributed by atoms with Crippen LogP contribution in [0.5, 0.6) is 0 Å². The fourth-order valence-electron chi connectivity index (χ4n) is 3.38. The number of rotatable bonds is 4. The van der Waals surface area contributed by atoms with E-state index in [9.17, 15) is 19.5 Å². The van der Waals surface area contributed by atoms with E-state index in [1.807, 2.05) is 24.3 Å². The summed E-state index contributed by atoms with van der Waals surface area (Å²) in [6, 6.07) is 6.68. The van der Waals surface area contributed by atoms with E-state index in [1.54, 1.807) is 10.8 Å². The molecule has 6 heteroatoms. The lowest BCUT2D eigenvalue weighted by Gasteiger charge is -2.33. The predicted molar refractivity (Wildman–Crippen MR) is 88.9 cm³/mol. The van der Waals surface area contributed by atoms with Crippen molar-refractivity contribution in [1.82, 2.24) is 9.47 Å². The Morgan fingerprint density at radius 1 is 1.21 bits per heavy atom. The largest absolute Gasteiger partial charge is 0.480 e. The van der Waals surface area contributed by atoms with Crippen molar-refractivity contribution < 1.29 is 19.5 Å². The standard InChI is InChI=1S/C18H20N2O4/c1-12(21)14-10-19(15-7-3-2-6-13(14)15)11-17(22)20-9-5-4-8-16(20)18(23)24/h2-3,6-7,10,16H,4-5,8-9,11H2,1H3,(H,23,24). The Balaban J connectivity index is 1.90. The minimum absolute atomic E-state index is 0.0393. The number of carboxylic acid groups (broad SMARTS) is 1. The number of aliphatic carboxylic acids is 1. The fourth-order valence-corrected chi connectivity index (χ4v) is 3.38. The summed E-state index contributed by atoms with van der Waals surface area (Å²) in [5.74, 6) is -1.23. The van der Waals surface area contributed by atoms with Crippen LogP contribution < -0.4 is 0 Å². The van der Waals surface area contributed by atoms with Crippen molar-refractivity contribution in [2.45, 2.75) is 38.8 Å². The van der Waals surface area contributed by atoms with Crippen LogP contribution in [0, 0.1) is 0 Å². The Kier molecular flexibility index (Phi) is 4.38. The number of ketones is 1. The molecule has 1 aromatic heterocycles. The SMILES string of the molecule is CC(=O)c1cn(CC(=O)N2CCCCC2C(=O)O)c2ccccc12. The zero-order valence-corrected chi connectivity index (χ0v) is 13.6. The molecule has 3 rings (SSSR count). The number of carbonyl (C=O) groups excluding carboxylic acids is 2. The summed E-state index contributed by atoms with van der Waals surface area (Å²) >= 11 is 0. The molecular formula is C18H20N2O4. The van der Waals surface area contributed by atoms with Gasteiger partial charge in [0.05, 0.1) is 0 Å². The van der Waals surface area contributed by atoms with E-state index in [-0.39, 0.29) is 18.2 Å². The van der Waals surface area contributed by atoms with Crippen LogP contribution in [-0.4, -0.2) is 44.8 Å². The molecule has 2 heterocycles. The summed E-state index contributed by atoms with van der Waals surface area (Å²) in [6.07, 6.45) is 3.82. The van der Waals surface area contributed by atoms with Gasteiger partial charge < -0.3 is 14.6 Å². The van der Waals surface area contributed by atoms with Crippen LogP contribution in [0.1, 0.15) is 36.5 Å². The van der Waals surface area contributed by atoms with Crippen LogP contribution >= 0.6 is 0 Å². The summed E-state index contributed by atoms with van der Waals surface area (Å²) in [5.41, 5.74) is 1.38. The minimum Gasteiger partial charge on any atom is -0.480 e. The lowest BCUT2D eigenvalue weighted by molar-refractivity contribution is -0.152. The number of carboxylic acids is 1. The molecule has 0 radical (unpaired) electrons. The Morgan fingerprint density at radius 2 is 1.96 bits per heavy atom. The molecule has 6 nitrogen and oxygen atoms in total. The molecule has 1 aliphatic heterocycles. The zero-order chi connectivity index (χ0) is 17.3. The first kappa shape index (κ1) is 16.2. The maximum absolute atomic E-state index is 12.7. The minimum atomic E-state index is -0.954. The molecule has 1 atom stereocenters. The molecule has 0 saturated carbocycles. The third-order valence-electron chi connectivity index (χ3n) is 4.58. The van der Waals surface area contributed by atoms with Crippen molar-refractivity contribution in [2.75, 3.05) is 6.54 Å². The number of fused-ring (bicyclic) bond motifs is 1. The molecule has 1 saturated heterocycles. The molecule has 1 fully saturated rings. The van der Waals surface area contributed by atoms with Crippen molar-refractivity contribution in [3.05, 3.63) is 36.0 Å². The number of Topliss-reactive ketones (excluding diaryl/α,β-unsaturated/α-hetero) is 1. The van der Waals surface area contributed by atoms with Crippen molar-refractivity contribution >= 4 is 28.6 Å². The molecule has 0 aliphatic carbocycles. The van der Waals surface area contributed by atoms with Crippen molar-refractivity contribution in [2.24, 2.45) is 0 Å². The van der Waals surface area contributed by atoms with Gasteiger partial charge in [0.1, 0.15) is 12.6 Å². The van der Waals surface area contributed by atoms with Crippen LogP contribution in [0.3, 0.4) is 0 Å². The smallest absolute Gasteiger partial charge is 0.326 e. The van der Waals surface area contributed by atoms with Gasteiger partial charge in [-0.3, -0.25) is 9.59 Å². The lowest BCUT2D eigenvalue weighted by atomic mass is 10.0. The highest BCUT2D eigenvalue weighted by atomic mass is 16.4. The van der Waals surface area contributed by atoms with Gasteiger partial charge in [-0.1, -0.05) is 18.2 Å². The normalized spacial score (nSPS) is 17.9. The topological polar surface area (TPSA) is 79.6 Å². The van der Waals surface area contributed by atoms with Gasteiger partial charge in [-0.05, 0) is 32.3 Å². The van der Waals surface area contributed by atoms with Crippen molar-refractivity contribution in [1.29, 1.82) is 0 Å². The molecule has 1 amide bonds. The molecule has 1 aliphatic rings. The summed E-state index contributed by atoms with van der Waals surface area (Å²) < 4.78 is 1.74. The number of likely N-dealkylation sites (tertiary alicyclic amines) is 1. The fraction of sp³-hybridized carbons (Fsp3) is 0.389. The van der Waals surface area contributed by atoms with E-state index in [4.69, 9.17) is 0 Å². The van der Waals surface area contributed by atoms with Gasteiger partial charge in [0, 0.05) is 29.2 Å². The molecule has 0 bridgehead atoms. The van der Waals surface area contributed by atoms with Crippen molar-refractivity contribution in [3.8, 4) is 0 Å². The number of piperidine rings is 1. The summed E-state index contributed by atoms with van der Waals surface area (Å²) in [6.45, 7) is 2.01. The number of amides is 1. The van der Waals surface area contributed by atoms with Gasteiger partial charge in [0.2, 0.25) is 5.91 Å². The summed E-state index contributed by atoms with van der Waals surface area (Å²) in [7, 11) is 0. The lowest BCUT2D eigenvalue weighted by Crippen LogP contribution is -2.49. The Labute approximate surface area is 139 Å². The number of nitrogens with zero attached hydrogens (tertiary/aromatic N) is 2. The maximum atomic E-state index is 12.7. The average molecular weight is 328 g/mol. The van der Waals surface area contributed by atoms with Gasteiger partial charge in [-0.15, -0.1) is 0 Å². The van der Waals surface area contributed by atoms with Gasteiger partial charge >= 0.3 is 5.97 Å². The van der Waals surface area contributed by atoms with Gasteiger partial charge in [0.25, 0.3) is 0 Å². The van der Waals surface area contributed by atoms with E-state index >= 15 is 0 Å².